The Bertz CT molecular complexity index is 237. The van der Waals surface area contributed by atoms with Gasteiger partial charge in [0.05, 0.1) is 13.2 Å². The van der Waals surface area contributed by atoms with E-state index in [9.17, 15) is 4.79 Å². The molecule has 1 unspecified atom stereocenters. The van der Waals surface area contributed by atoms with Crippen LogP contribution in [0.4, 0.5) is 0 Å². The zero-order valence-electron chi connectivity index (χ0n) is 12.6. The van der Waals surface area contributed by atoms with Gasteiger partial charge in [-0.25, -0.2) is 0 Å². The lowest BCUT2D eigenvalue weighted by Gasteiger charge is -2.22. The van der Waals surface area contributed by atoms with Gasteiger partial charge in [0.1, 0.15) is 11.6 Å². The second-order valence-corrected chi connectivity index (χ2v) is 5.62. The van der Waals surface area contributed by atoms with Crippen molar-refractivity contribution in [3.05, 3.63) is 0 Å². The maximum Gasteiger partial charge on any atom is 0.323 e. The van der Waals surface area contributed by atoms with E-state index in [1.165, 1.54) is 0 Å². The van der Waals surface area contributed by atoms with Crippen LogP contribution in [0.15, 0.2) is 0 Å². The molecule has 5 heteroatoms. The first kappa shape index (κ1) is 17.4. The Morgan fingerprint density at radius 2 is 1.89 bits per heavy atom. The average molecular weight is 260 g/mol. The molecule has 0 rings (SSSR count). The predicted octanol–water partition coefficient (Wildman–Crippen LogP) is 0.884. The number of esters is 1. The van der Waals surface area contributed by atoms with Gasteiger partial charge in [-0.3, -0.25) is 4.79 Å². The predicted molar refractivity (Wildman–Crippen MR) is 72.7 cm³/mol. The van der Waals surface area contributed by atoms with Crippen LogP contribution in [0.5, 0.6) is 0 Å². The van der Waals surface area contributed by atoms with E-state index in [-0.39, 0.29) is 12.0 Å². The van der Waals surface area contributed by atoms with Crippen molar-refractivity contribution >= 4 is 5.97 Å². The van der Waals surface area contributed by atoms with E-state index in [4.69, 9.17) is 9.47 Å². The van der Waals surface area contributed by atoms with Crippen LogP contribution in [0.25, 0.3) is 0 Å². The van der Waals surface area contributed by atoms with Crippen molar-refractivity contribution in [3.63, 3.8) is 0 Å². The minimum absolute atomic E-state index is 0.226. The molecule has 0 aromatic heterocycles. The molecular weight excluding hydrogens is 232 g/mol. The number of hydrogen-bond donors (Lipinski definition) is 1. The third kappa shape index (κ3) is 10.5. The third-order valence-electron chi connectivity index (χ3n) is 2.14. The van der Waals surface area contributed by atoms with Crippen molar-refractivity contribution in [1.29, 1.82) is 0 Å². The first-order valence-corrected chi connectivity index (χ1v) is 6.41. The third-order valence-corrected chi connectivity index (χ3v) is 2.14. The van der Waals surface area contributed by atoms with Crippen LogP contribution < -0.4 is 5.32 Å². The highest BCUT2D eigenvalue weighted by Gasteiger charge is 2.20. The largest absolute Gasteiger partial charge is 0.459 e. The quantitative estimate of drug-likeness (QED) is 0.519. The van der Waals surface area contributed by atoms with Gasteiger partial charge in [-0.2, -0.15) is 0 Å². The van der Waals surface area contributed by atoms with Crippen molar-refractivity contribution in [3.8, 4) is 0 Å². The smallest absolute Gasteiger partial charge is 0.323 e. The van der Waals surface area contributed by atoms with Gasteiger partial charge in [0.2, 0.25) is 0 Å². The Morgan fingerprint density at radius 1 is 1.28 bits per heavy atom. The summed E-state index contributed by atoms with van der Waals surface area (Å²) in [5, 5.41) is 3.08. The summed E-state index contributed by atoms with van der Waals surface area (Å²) in [4.78, 5) is 13.7. The summed E-state index contributed by atoms with van der Waals surface area (Å²) in [6.07, 6.45) is 0. The first-order valence-electron chi connectivity index (χ1n) is 6.41. The monoisotopic (exact) mass is 260 g/mol. The number of carbonyl (C=O) groups excluding carboxylic acids is 1. The molecule has 1 atom stereocenters. The molecule has 0 aromatic rings. The first-order chi connectivity index (χ1) is 8.22. The Labute approximate surface area is 111 Å². The van der Waals surface area contributed by atoms with Gasteiger partial charge in [0, 0.05) is 13.1 Å². The number of carbonyl (C=O) groups is 1. The highest BCUT2D eigenvalue weighted by molar-refractivity contribution is 5.75. The molecule has 0 radical (unpaired) electrons. The zero-order chi connectivity index (χ0) is 14.2. The van der Waals surface area contributed by atoms with Gasteiger partial charge in [-0.05, 0) is 41.8 Å². The lowest BCUT2D eigenvalue weighted by atomic mass is 10.2. The van der Waals surface area contributed by atoms with Crippen LogP contribution in [-0.4, -0.2) is 62.9 Å². The van der Waals surface area contributed by atoms with Gasteiger partial charge in [0.25, 0.3) is 0 Å². The summed E-state index contributed by atoms with van der Waals surface area (Å²) in [6, 6.07) is -0.304. The van der Waals surface area contributed by atoms with Crippen molar-refractivity contribution in [2.24, 2.45) is 0 Å². The molecule has 0 amide bonds. The lowest BCUT2D eigenvalue weighted by molar-refractivity contribution is -0.157. The van der Waals surface area contributed by atoms with Crippen LogP contribution in [0, 0.1) is 0 Å². The molecule has 0 saturated heterocycles. The molecule has 0 fully saturated rings. The number of likely N-dealkylation sites (N-methyl/N-ethyl adjacent to an activating group) is 1. The van der Waals surface area contributed by atoms with Crippen molar-refractivity contribution < 1.29 is 14.3 Å². The Balaban J connectivity index is 3.58. The molecule has 18 heavy (non-hydrogen) atoms. The summed E-state index contributed by atoms with van der Waals surface area (Å²) in [5.74, 6) is -0.226. The molecular formula is C13H28N2O3. The number of nitrogens with one attached hydrogen (secondary N) is 1. The van der Waals surface area contributed by atoms with E-state index < -0.39 is 5.60 Å². The maximum atomic E-state index is 11.6. The Morgan fingerprint density at radius 3 is 2.39 bits per heavy atom. The second-order valence-electron chi connectivity index (χ2n) is 5.62. The number of ether oxygens (including phenoxy) is 2. The van der Waals surface area contributed by atoms with Gasteiger partial charge in [-0.15, -0.1) is 0 Å². The van der Waals surface area contributed by atoms with Crippen LogP contribution >= 0.6 is 0 Å². The normalized spacial score (nSPS) is 13.7. The number of hydrogen-bond acceptors (Lipinski definition) is 5. The van der Waals surface area contributed by atoms with Crippen LogP contribution in [0.1, 0.15) is 27.7 Å². The van der Waals surface area contributed by atoms with Crippen LogP contribution in [0.2, 0.25) is 0 Å². The minimum Gasteiger partial charge on any atom is -0.459 e. The highest BCUT2D eigenvalue weighted by atomic mass is 16.6. The van der Waals surface area contributed by atoms with E-state index in [1.54, 1.807) is 6.92 Å². The fourth-order valence-electron chi connectivity index (χ4n) is 1.17. The van der Waals surface area contributed by atoms with E-state index in [2.05, 4.69) is 10.2 Å². The Kier molecular flexibility index (Phi) is 8.15. The maximum absolute atomic E-state index is 11.6. The van der Waals surface area contributed by atoms with Gasteiger partial charge >= 0.3 is 5.97 Å². The molecule has 1 N–H and O–H groups in total. The van der Waals surface area contributed by atoms with Gasteiger partial charge in [0.15, 0.2) is 0 Å². The summed E-state index contributed by atoms with van der Waals surface area (Å²) >= 11 is 0. The topological polar surface area (TPSA) is 50.8 Å². The summed E-state index contributed by atoms with van der Waals surface area (Å²) in [6.45, 7) is 10.2. The lowest BCUT2D eigenvalue weighted by Crippen LogP contribution is -2.40. The summed E-state index contributed by atoms with van der Waals surface area (Å²) in [5.41, 5.74) is -0.435. The number of nitrogens with zero attached hydrogens (tertiary/aromatic N) is 1. The van der Waals surface area contributed by atoms with Crippen molar-refractivity contribution in [1.82, 2.24) is 10.2 Å². The summed E-state index contributed by atoms with van der Waals surface area (Å²) < 4.78 is 10.7. The second kappa shape index (κ2) is 8.45. The molecule has 0 bridgehead atoms. The molecule has 0 saturated carbocycles. The van der Waals surface area contributed by atoms with E-state index in [0.29, 0.717) is 19.8 Å². The highest BCUT2D eigenvalue weighted by Crippen LogP contribution is 2.08. The van der Waals surface area contributed by atoms with Gasteiger partial charge in [-0.1, -0.05) is 0 Å². The SMILES string of the molecule is CC(NCCOCCN(C)C)C(=O)OC(C)(C)C. The van der Waals surface area contributed by atoms with Crippen molar-refractivity contribution in [2.75, 3.05) is 40.4 Å². The molecule has 0 aliphatic heterocycles. The van der Waals surface area contributed by atoms with Crippen LogP contribution in [-0.2, 0) is 14.3 Å². The van der Waals surface area contributed by atoms with E-state index >= 15 is 0 Å². The molecule has 5 nitrogen and oxygen atoms in total. The van der Waals surface area contributed by atoms with Crippen molar-refractivity contribution in [2.45, 2.75) is 39.3 Å². The zero-order valence-corrected chi connectivity index (χ0v) is 12.6. The molecule has 0 spiro atoms. The van der Waals surface area contributed by atoms with E-state index in [0.717, 1.165) is 6.54 Å². The molecule has 108 valence electrons. The molecule has 0 heterocycles. The minimum atomic E-state index is -0.435. The van der Waals surface area contributed by atoms with E-state index in [1.807, 2.05) is 34.9 Å². The number of rotatable bonds is 8. The van der Waals surface area contributed by atoms with Gasteiger partial charge < -0.3 is 19.7 Å². The molecule has 0 aliphatic rings. The summed E-state index contributed by atoms with van der Waals surface area (Å²) in [7, 11) is 4.01. The molecule has 0 aromatic carbocycles. The standard InChI is InChI=1S/C13H28N2O3/c1-11(12(16)18-13(2,3)4)14-7-9-17-10-8-15(5)6/h11,14H,7-10H2,1-6H3. The fourth-order valence-corrected chi connectivity index (χ4v) is 1.17. The van der Waals surface area contributed by atoms with Crippen LogP contribution in [0.3, 0.4) is 0 Å². The average Bonchev–Trinajstić information content (AvgIpc) is 2.19. The molecule has 0 aliphatic carbocycles. The fraction of sp³-hybridized carbons (Fsp3) is 0.923. The Hall–Kier alpha value is -0.650.